The maximum absolute atomic E-state index is 13.4. The predicted octanol–water partition coefficient (Wildman–Crippen LogP) is 1.39. The van der Waals surface area contributed by atoms with Crippen molar-refractivity contribution < 1.29 is 23.9 Å². The Morgan fingerprint density at radius 1 is 1.04 bits per heavy atom. The highest BCUT2D eigenvalue weighted by atomic mass is 16.5. The van der Waals surface area contributed by atoms with Crippen molar-refractivity contribution in [3.05, 3.63) is 0 Å². The number of carbonyl (C=O) groups is 3. The van der Waals surface area contributed by atoms with Crippen LogP contribution in [0.5, 0.6) is 0 Å². The summed E-state index contributed by atoms with van der Waals surface area (Å²) in [6.07, 6.45) is 7.55. The minimum Gasteiger partial charge on any atom is -0.378 e. The summed E-state index contributed by atoms with van der Waals surface area (Å²) in [4.78, 5) is 42.1. The lowest BCUT2D eigenvalue weighted by Crippen LogP contribution is -2.47. The molecule has 7 heteroatoms. The van der Waals surface area contributed by atoms with Gasteiger partial charge in [0.15, 0.2) is 5.78 Å². The van der Waals surface area contributed by atoms with Crippen LogP contribution in [-0.4, -0.2) is 79.0 Å². The maximum Gasteiger partial charge on any atom is 0.226 e. The first-order chi connectivity index (χ1) is 13.6. The lowest BCUT2D eigenvalue weighted by atomic mass is 9.81. The summed E-state index contributed by atoms with van der Waals surface area (Å²) in [5.74, 6) is 0.215. The second kappa shape index (κ2) is 8.91. The molecule has 28 heavy (non-hydrogen) atoms. The number of amides is 2. The third-order valence-corrected chi connectivity index (χ3v) is 6.87. The Balaban J connectivity index is 1.45. The molecule has 0 aromatic heterocycles. The lowest BCUT2D eigenvalue weighted by Gasteiger charge is -2.32. The Hall–Kier alpha value is -1.47. The van der Waals surface area contributed by atoms with Crippen LogP contribution in [-0.2, 0) is 23.9 Å². The third-order valence-electron chi connectivity index (χ3n) is 6.87. The number of Topliss-reactive ketones (excluding diaryl/α,β-unsaturated/α-hetero) is 1. The molecule has 3 aliphatic heterocycles. The highest BCUT2D eigenvalue weighted by Crippen LogP contribution is 2.34. The lowest BCUT2D eigenvalue weighted by molar-refractivity contribution is -0.145. The Bertz CT molecular complexity index is 598. The standard InChI is InChI=1S/C21H32N2O5/c24-17-14-28-18-6-7-23(20(17)18)21(26)16(12-15-4-2-1-3-5-15)13-19(25)22-8-10-27-11-9-22/h15-16,18,20H,1-14H2/t16-,18?,20?/m1/s1. The number of hydrogen-bond acceptors (Lipinski definition) is 5. The third kappa shape index (κ3) is 4.25. The van der Waals surface area contributed by atoms with E-state index in [0.29, 0.717) is 38.8 Å². The van der Waals surface area contributed by atoms with E-state index in [4.69, 9.17) is 9.47 Å². The molecule has 4 aliphatic rings. The van der Waals surface area contributed by atoms with E-state index in [-0.39, 0.29) is 42.6 Å². The number of carbonyl (C=O) groups excluding carboxylic acids is 3. The minimum atomic E-state index is -0.431. The van der Waals surface area contributed by atoms with Gasteiger partial charge in [0.1, 0.15) is 12.6 Å². The molecule has 4 rings (SSSR count). The van der Waals surface area contributed by atoms with E-state index in [2.05, 4.69) is 0 Å². The van der Waals surface area contributed by atoms with Gasteiger partial charge >= 0.3 is 0 Å². The summed E-state index contributed by atoms with van der Waals surface area (Å²) < 4.78 is 10.9. The van der Waals surface area contributed by atoms with E-state index >= 15 is 0 Å². The number of rotatable bonds is 5. The highest BCUT2D eigenvalue weighted by molar-refractivity contribution is 5.94. The molecule has 0 aromatic carbocycles. The predicted molar refractivity (Wildman–Crippen MR) is 102 cm³/mol. The Labute approximate surface area is 166 Å². The molecule has 2 unspecified atom stereocenters. The average molecular weight is 392 g/mol. The molecular formula is C21H32N2O5. The van der Waals surface area contributed by atoms with E-state index in [9.17, 15) is 14.4 Å². The molecule has 2 amide bonds. The topological polar surface area (TPSA) is 76.2 Å². The fraction of sp³-hybridized carbons (Fsp3) is 0.857. The summed E-state index contributed by atoms with van der Waals surface area (Å²) >= 11 is 0. The first kappa shape index (κ1) is 19.8. The molecule has 4 fully saturated rings. The molecule has 156 valence electrons. The smallest absolute Gasteiger partial charge is 0.226 e. The van der Waals surface area contributed by atoms with Gasteiger partial charge in [0.2, 0.25) is 11.8 Å². The number of fused-ring (bicyclic) bond motifs is 1. The molecule has 3 heterocycles. The zero-order valence-electron chi connectivity index (χ0n) is 16.6. The van der Waals surface area contributed by atoms with Crippen LogP contribution in [0.25, 0.3) is 0 Å². The van der Waals surface area contributed by atoms with Gasteiger partial charge in [-0.1, -0.05) is 32.1 Å². The fourth-order valence-electron chi connectivity index (χ4n) is 5.33. The van der Waals surface area contributed by atoms with Crippen molar-refractivity contribution in [1.82, 2.24) is 9.80 Å². The van der Waals surface area contributed by atoms with Crippen LogP contribution in [0.1, 0.15) is 51.4 Å². The quantitative estimate of drug-likeness (QED) is 0.707. The van der Waals surface area contributed by atoms with E-state index in [1.807, 2.05) is 4.90 Å². The summed E-state index contributed by atoms with van der Waals surface area (Å²) in [6, 6.07) is -0.431. The van der Waals surface area contributed by atoms with E-state index in [1.54, 1.807) is 4.90 Å². The molecule has 1 saturated carbocycles. The molecule has 0 aromatic rings. The molecule has 1 aliphatic carbocycles. The SMILES string of the molecule is O=C1COC2CCN(C(=O)[C@@H](CC(=O)N3CCOCC3)CC3CCCCC3)C12. The van der Waals surface area contributed by atoms with E-state index in [1.165, 1.54) is 19.3 Å². The van der Waals surface area contributed by atoms with Crippen molar-refractivity contribution in [2.24, 2.45) is 11.8 Å². The monoisotopic (exact) mass is 392 g/mol. The van der Waals surface area contributed by atoms with Gasteiger partial charge in [-0.05, 0) is 18.8 Å². The van der Waals surface area contributed by atoms with Crippen molar-refractivity contribution in [1.29, 1.82) is 0 Å². The van der Waals surface area contributed by atoms with Gasteiger partial charge in [-0.3, -0.25) is 14.4 Å². The normalized spacial score (nSPS) is 29.8. The largest absolute Gasteiger partial charge is 0.378 e. The second-order valence-corrected chi connectivity index (χ2v) is 8.71. The van der Waals surface area contributed by atoms with Gasteiger partial charge in [-0.25, -0.2) is 0 Å². The molecule has 0 radical (unpaired) electrons. The minimum absolute atomic E-state index is 0.00627. The van der Waals surface area contributed by atoms with Crippen LogP contribution in [0, 0.1) is 11.8 Å². The van der Waals surface area contributed by atoms with Gasteiger partial charge in [0.05, 0.1) is 19.3 Å². The van der Waals surface area contributed by atoms with Crippen LogP contribution in [0.3, 0.4) is 0 Å². The van der Waals surface area contributed by atoms with Crippen molar-refractivity contribution in [2.75, 3.05) is 39.5 Å². The van der Waals surface area contributed by atoms with Gasteiger partial charge in [0, 0.05) is 32.0 Å². The summed E-state index contributed by atoms with van der Waals surface area (Å²) in [5.41, 5.74) is 0. The van der Waals surface area contributed by atoms with Crippen molar-refractivity contribution >= 4 is 17.6 Å². The summed E-state index contributed by atoms with van der Waals surface area (Å²) in [7, 11) is 0. The Morgan fingerprint density at radius 2 is 1.79 bits per heavy atom. The fourth-order valence-corrected chi connectivity index (χ4v) is 5.33. The average Bonchev–Trinajstić information content (AvgIpc) is 3.31. The number of hydrogen-bond donors (Lipinski definition) is 0. The second-order valence-electron chi connectivity index (χ2n) is 8.71. The number of ether oxygens (including phenoxy) is 2. The Kier molecular flexibility index (Phi) is 6.31. The zero-order chi connectivity index (χ0) is 19.5. The molecule has 7 nitrogen and oxygen atoms in total. The first-order valence-corrected chi connectivity index (χ1v) is 10.9. The molecule has 0 spiro atoms. The number of nitrogens with zero attached hydrogens (tertiary/aromatic N) is 2. The van der Waals surface area contributed by atoms with E-state index in [0.717, 1.165) is 25.7 Å². The van der Waals surface area contributed by atoms with Crippen LogP contribution in [0.2, 0.25) is 0 Å². The van der Waals surface area contributed by atoms with Crippen molar-refractivity contribution in [2.45, 2.75) is 63.5 Å². The van der Waals surface area contributed by atoms with Crippen LogP contribution < -0.4 is 0 Å². The van der Waals surface area contributed by atoms with Gasteiger partial charge < -0.3 is 19.3 Å². The number of ketones is 1. The maximum atomic E-state index is 13.4. The van der Waals surface area contributed by atoms with Gasteiger partial charge in [-0.15, -0.1) is 0 Å². The first-order valence-electron chi connectivity index (χ1n) is 10.9. The van der Waals surface area contributed by atoms with Gasteiger partial charge in [-0.2, -0.15) is 0 Å². The van der Waals surface area contributed by atoms with Gasteiger partial charge in [0.25, 0.3) is 0 Å². The Morgan fingerprint density at radius 3 is 2.54 bits per heavy atom. The van der Waals surface area contributed by atoms with Crippen molar-refractivity contribution in [3.8, 4) is 0 Å². The molecular weight excluding hydrogens is 360 g/mol. The summed E-state index contributed by atoms with van der Waals surface area (Å²) in [5, 5.41) is 0. The molecule has 0 N–H and O–H groups in total. The van der Waals surface area contributed by atoms with Crippen LogP contribution in [0.15, 0.2) is 0 Å². The zero-order valence-corrected chi connectivity index (χ0v) is 16.6. The van der Waals surface area contributed by atoms with E-state index < -0.39 is 6.04 Å². The number of morpholine rings is 1. The number of likely N-dealkylation sites (tertiary alicyclic amines) is 1. The molecule has 3 atom stereocenters. The molecule has 0 bridgehead atoms. The highest BCUT2D eigenvalue weighted by Gasteiger charge is 2.48. The molecule has 3 saturated heterocycles. The summed E-state index contributed by atoms with van der Waals surface area (Å²) in [6.45, 7) is 3.00. The van der Waals surface area contributed by atoms with Crippen molar-refractivity contribution in [3.63, 3.8) is 0 Å². The van der Waals surface area contributed by atoms with Crippen LogP contribution in [0.4, 0.5) is 0 Å². The van der Waals surface area contributed by atoms with Crippen LogP contribution >= 0.6 is 0 Å².